The summed E-state index contributed by atoms with van der Waals surface area (Å²) in [5.41, 5.74) is 0. The molecule has 1 aliphatic heterocycles. The van der Waals surface area contributed by atoms with E-state index in [1.807, 2.05) is 0 Å². The van der Waals surface area contributed by atoms with Crippen LogP contribution in [0.4, 0.5) is 4.39 Å². The first-order valence-corrected chi connectivity index (χ1v) is 7.80. The minimum Gasteiger partial charge on any atom is -0.315 e. The first kappa shape index (κ1) is 16.8. The standard InChI is InChI=1S/C11H14BrFN2O2S.ClH/c1-15(9-4-5-14-7-9)18(16,17)11-3-2-8(12)6-10(11)13;/h2-3,6,9,14H,4-5,7H2,1H3;1H. The van der Waals surface area contributed by atoms with Crippen molar-refractivity contribution in [2.75, 3.05) is 20.1 Å². The molecule has 0 aliphatic carbocycles. The molecule has 1 aromatic carbocycles. The zero-order valence-corrected chi connectivity index (χ0v) is 13.5. The zero-order valence-electron chi connectivity index (χ0n) is 10.3. The van der Waals surface area contributed by atoms with Gasteiger partial charge in [-0.3, -0.25) is 0 Å². The third-order valence-electron chi connectivity index (χ3n) is 3.10. The molecule has 1 aromatic rings. The van der Waals surface area contributed by atoms with Crippen molar-refractivity contribution in [1.82, 2.24) is 9.62 Å². The van der Waals surface area contributed by atoms with E-state index in [0.717, 1.165) is 19.0 Å². The highest BCUT2D eigenvalue weighted by atomic mass is 79.9. The minimum atomic E-state index is -3.77. The van der Waals surface area contributed by atoms with Crippen molar-refractivity contribution in [1.29, 1.82) is 0 Å². The fourth-order valence-corrected chi connectivity index (χ4v) is 3.75. The van der Waals surface area contributed by atoms with E-state index in [1.54, 1.807) is 0 Å². The molecule has 1 saturated heterocycles. The fourth-order valence-electron chi connectivity index (χ4n) is 1.99. The van der Waals surface area contributed by atoms with E-state index >= 15 is 0 Å². The monoisotopic (exact) mass is 372 g/mol. The molecule has 1 heterocycles. The number of hydrogen-bond donors (Lipinski definition) is 1. The second-order valence-corrected chi connectivity index (χ2v) is 7.12. The molecule has 2 rings (SSSR count). The quantitative estimate of drug-likeness (QED) is 0.881. The highest BCUT2D eigenvalue weighted by Crippen LogP contribution is 2.24. The lowest BCUT2D eigenvalue weighted by atomic mass is 10.3. The number of halogens is 3. The number of benzene rings is 1. The molecule has 19 heavy (non-hydrogen) atoms. The maximum atomic E-state index is 13.7. The number of likely N-dealkylation sites (N-methyl/N-ethyl adjacent to an activating group) is 1. The second-order valence-electron chi connectivity index (χ2n) is 4.24. The van der Waals surface area contributed by atoms with Crippen LogP contribution in [0.25, 0.3) is 0 Å². The van der Waals surface area contributed by atoms with E-state index in [1.165, 1.54) is 23.5 Å². The van der Waals surface area contributed by atoms with Crippen molar-refractivity contribution in [3.63, 3.8) is 0 Å². The summed E-state index contributed by atoms with van der Waals surface area (Å²) >= 11 is 3.11. The smallest absolute Gasteiger partial charge is 0.246 e. The average Bonchev–Trinajstić information content (AvgIpc) is 2.80. The zero-order chi connectivity index (χ0) is 13.3. The molecule has 1 unspecified atom stereocenters. The van der Waals surface area contributed by atoms with Gasteiger partial charge in [0.1, 0.15) is 10.7 Å². The van der Waals surface area contributed by atoms with Crippen LogP contribution in [-0.4, -0.2) is 38.9 Å². The summed E-state index contributed by atoms with van der Waals surface area (Å²) in [5.74, 6) is -0.734. The highest BCUT2D eigenvalue weighted by Gasteiger charge is 2.31. The average molecular weight is 374 g/mol. The van der Waals surface area contributed by atoms with Gasteiger partial charge in [0, 0.05) is 24.1 Å². The van der Waals surface area contributed by atoms with Crippen LogP contribution < -0.4 is 5.32 Å². The Bertz CT molecular complexity index is 550. The van der Waals surface area contributed by atoms with Crippen LogP contribution in [0.15, 0.2) is 27.6 Å². The lowest BCUT2D eigenvalue weighted by Gasteiger charge is -2.23. The topological polar surface area (TPSA) is 49.4 Å². The van der Waals surface area contributed by atoms with E-state index in [9.17, 15) is 12.8 Å². The largest absolute Gasteiger partial charge is 0.315 e. The van der Waals surface area contributed by atoms with Crippen LogP contribution in [0.3, 0.4) is 0 Å². The third-order valence-corrected chi connectivity index (χ3v) is 5.54. The summed E-state index contributed by atoms with van der Waals surface area (Å²) in [6.45, 7) is 1.39. The van der Waals surface area contributed by atoms with E-state index in [-0.39, 0.29) is 23.3 Å². The molecular weight excluding hydrogens is 359 g/mol. The van der Waals surface area contributed by atoms with Gasteiger partial charge in [-0.15, -0.1) is 12.4 Å². The maximum absolute atomic E-state index is 13.7. The Balaban J connectivity index is 0.00000180. The van der Waals surface area contributed by atoms with Crippen molar-refractivity contribution in [3.05, 3.63) is 28.5 Å². The predicted molar refractivity (Wildman–Crippen MR) is 77.6 cm³/mol. The summed E-state index contributed by atoms with van der Waals surface area (Å²) in [6.07, 6.45) is 0.744. The molecule has 0 saturated carbocycles. The number of nitrogens with zero attached hydrogens (tertiary/aromatic N) is 1. The van der Waals surface area contributed by atoms with Gasteiger partial charge in [0.15, 0.2) is 0 Å². The molecule has 0 bridgehead atoms. The van der Waals surface area contributed by atoms with Crippen molar-refractivity contribution in [3.8, 4) is 0 Å². The molecule has 1 N–H and O–H groups in total. The van der Waals surface area contributed by atoms with Gasteiger partial charge in [-0.05, 0) is 31.2 Å². The van der Waals surface area contributed by atoms with Gasteiger partial charge >= 0.3 is 0 Å². The molecular formula is C11H15BrClFN2O2S. The number of sulfonamides is 1. The number of nitrogens with one attached hydrogen (secondary N) is 1. The summed E-state index contributed by atoms with van der Waals surface area (Å²) in [6, 6.07) is 3.86. The van der Waals surface area contributed by atoms with Crippen LogP contribution in [0.2, 0.25) is 0 Å². The van der Waals surface area contributed by atoms with Crippen molar-refractivity contribution >= 4 is 38.4 Å². The van der Waals surface area contributed by atoms with Crippen LogP contribution in [0.5, 0.6) is 0 Å². The molecule has 0 radical (unpaired) electrons. The molecule has 0 amide bonds. The SMILES string of the molecule is CN(C1CCNC1)S(=O)(=O)c1ccc(Br)cc1F.Cl. The Morgan fingerprint density at radius 1 is 1.47 bits per heavy atom. The number of hydrogen-bond acceptors (Lipinski definition) is 3. The molecule has 1 atom stereocenters. The van der Waals surface area contributed by atoms with Crippen LogP contribution in [0, 0.1) is 5.82 Å². The van der Waals surface area contributed by atoms with Gasteiger partial charge in [-0.25, -0.2) is 12.8 Å². The molecule has 0 spiro atoms. The lowest BCUT2D eigenvalue weighted by molar-refractivity contribution is 0.385. The van der Waals surface area contributed by atoms with Gasteiger partial charge in [0.05, 0.1) is 0 Å². The van der Waals surface area contributed by atoms with Gasteiger partial charge in [-0.1, -0.05) is 15.9 Å². The summed E-state index contributed by atoms with van der Waals surface area (Å²) in [7, 11) is -2.28. The third kappa shape index (κ3) is 3.46. The van der Waals surface area contributed by atoms with E-state index in [4.69, 9.17) is 0 Å². The number of rotatable bonds is 3. The Kier molecular flexibility index (Phi) is 5.76. The Morgan fingerprint density at radius 3 is 2.68 bits per heavy atom. The van der Waals surface area contributed by atoms with Gasteiger partial charge < -0.3 is 5.32 Å². The fraction of sp³-hybridized carbons (Fsp3) is 0.455. The van der Waals surface area contributed by atoms with Gasteiger partial charge in [0.25, 0.3) is 0 Å². The first-order chi connectivity index (χ1) is 8.43. The highest BCUT2D eigenvalue weighted by molar-refractivity contribution is 9.10. The summed E-state index contributed by atoms with van der Waals surface area (Å²) in [5, 5.41) is 3.09. The molecule has 108 valence electrons. The van der Waals surface area contributed by atoms with Crippen molar-refractivity contribution in [2.24, 2.45) is 0 Å². The molecule has 4 nitrogen and oxygen atoms in total. The molecule has 8 heteroatoms. The van der Waals surface area contributed by atoms with Crippen LogP contribution >= 0.6 is 28.3 Å². The molecule has 1 fully saturated rings. The molecule has 1 aliphatic rings. The molecule has 0 aromatic heterocycles. The Hall–Kier alpha value is -0.210. The van der Waals surface area contributed by atoms with Crippen LogP contribution in [-0.2, 0) is 10.0 Å². The Morgan fingerprint density at radius 2 is 2.16 bits per heavy atom. The van der Waals surface area contributed by atoms with E-state index < -0.39 is 15.8 Å². The maximum Gasteiger partial charge on any atom is 0.246 e. The van der Waals surface area contributed by atoms with Crippen LogP contribution in [0.1, 0.15) is 6.42 Å². The van der Waals surface area contributed by atoms with E-state index in [2.05, 4.69) is 21.2 Å². The minimum absolute atomic E-state index is 0. The van der Waals surface area contributed by atoms with Crippen molar-refractivity contribution in [2.45, 2.75) is 17.4 Å². The first-order valence-electron chi connectivity index (χ1n) is 5.57. The van der Waals surface area contributed by atoms with Crippen molar-refractivity contribution < 1.29 is 12.8 Å². The van der Waals surface area contributed by atoms with Gasteiger partial charge in [0.2, 0.25) is 10.0 Å². The summed E-state index contributed by atoms with van der Waals surface area (Å²) < 4.78 is 40.1. The normalized spacial score (nSPS) is 19.5. The predicted octanol–water partition coefficient (Wildman–Crippen LogP) is 1.99. The van der Waals surface area contributed by atoms with Gasteiger partial charge in [-0.2, -0.15) is 4.31 Å². The lowest BCUT2D eigenvalue weighted by Crippen LogP contribution is -2.38. The second kappa shape index (κ2) is 6.49. The Labute approximate surface area is 127 Å². The van der Waals surface area contributed by atoms with E-state index in [0.29, 0.717) is 11.0 Å². The summed E-state index contributed by atoms with van der Waals surface area (Å²) in [4.78, 5) is -0.278.